The second-order valence-corrected chi connectivity index (χ2v) is 3.49. The number of hydrogen-bond donors (Lipinski definition) is 5. The molecule has 0 fully saturated rings. The van der Waals surface area contributed by atoms with Crippen molar-refractivity contribution in [3.8, 4) is 0 Å². The van der Waals surface area contributed by atoms with Crippen LogP contribution in [0.3, 0.4) is 0 Å². The van der Waals surface area contributed by atoms with E-state index >= 15 is 0 Å². The Kier molecular flexibility index (Phi) is 14.3. The molecular weight excluding hydrogens is 276 g/mol. The molecule has 14 heteroatoms. The molecule has 0 heterocycles. The molecule has 0 aromatic heterocycles. The number of carboxylic acids is 1. The van der Waals surface area contributed by atoms with Crippen molar-refractivity contribution in [2.45, 2.75) is 6.92 Å². The van der Waals surface area contributed by atoms with E-state index in [1.54, 1.807) is 0 Å². The Morgan fingerprint density at radius 1 is 0.938 bits per heavy atom. The first-order valence-electron chi connectivity index (χ1n) is 2.46. The monoisotopic (exact) mass is 288 g/mol. The quantitative estimate of drug-likeness (QED) is 0.237. The molecule has 102 valence electrons. The molecule has 0 aromatic rings. The Balaban J connectivity index is -0.000000105. The molecule has 0 amide bonds. The van der Waals surface area contributed by atoms with Crippen LogP contribution in [0, 0.1) is 0 Å². The van der Waals surface area contributed by atoms with E-state index in [0.29, 0.717) is 0 Å². The largest absolute Gasteiger partial charge is 0.481 e. The highest BCUT2D eigenvalue weighted by Gasteiger charge is 2.13. The lowest BCUT2D eigenvalue weighted by Crippen LogP contribution is -2.10. The zero-order valence-corrected chi connectivity index (χ0v) is 9.56. The molecule has 0 radical (unpaired) electrons. The van der Waals surface area contributed by atoms with Crippen molar-refractivity contribution in [1.29, 1.82) is 0 Å². The van der Waals surface area contributed by atoms with Crippen LogP contribution in [0.25, 0.3) is 0 Å². The van der Waals surface area contributed by atoms with E-state index < -0.39 is 26.8 Å². The van der Waals surface area contributed by atoms with E-state index in [1.807, 2.05) is 0 Å². The van der Waals surface area contributed by atoms with Crippen molar-refractivity contribution in [3.05, 3.63) is 0 Å². The molecule has 0 saturated carbocycles. The first-order chi connectivity index (χ1) is 5.94. The highest BCUT2D eigenvalue weighted by atomic mass is 32.3. The topological polar surface area (TPSA) is 234 Å². The van der Waals surface area contributed by atoms with Crippen LogP contribution in [0.15, 0.2) is 0 Å². The number of rotatable bonds is 3. The summed E-state index contributed by atoms with van der Waals surface area (Å²) < 4.78 is 58.9. The van der Waals surface area contributed by atoms with Gasteiger partial charge in [-0.05, 0) is 0 Å². The van der Waals surface area contributed by atoms with Crippen LogP contribution in [-0.4, -0.2) is 37.0 Å². The summed E-state index contributed by atoms with van der Waals surface area (Å²) in [4.78, 5) is 9.00. The molecule has 0 aromatic carbocycles. The molecule has 9 N–H and O–H groups in total. The van der Waals surface area contributed by atoms with E-state index in [2.05, 4.69) is 8.67 Å². The van der Waals surface area contributed by atoms with Crippen LogP contribution in [0.4, 0.5) is 0 Å². The molecule has 0 aliphatic rings. The number of hydrogen-bond acceptors (Lipinski definition) is 9. The summed E-state index contributed by atoms with van der Waals surface area (Å²) >= 11 is 0. The molecule has 0 unspecified atom stereocenters. The third kappa shape index (κ3) is 51.4. The third-order valence-electron chi connectivity index (χ3n) is 0.200. The number of aliphatic carboxylic acids is 1. The Morgan fingerprint density at radius 2 is 1.06 bits per heavy atom. The minimum absolute atomic E-state index is 0. The first-order valence-corrected chi connectivity index (χ1v) is 5.19. The van der Waals surface area contributed by atoms with Gasteiger partial charge in [0.2, 0.25) is 0 Å². The number of carboxylic acid groups (broad SMARTS) is 1. The van der Waals surface area contributed by atoms with Gasteiger partial charge in [-0.15, -0.1) is 0 Å². The summed E-state index contributed by atoms with van der Waals surface area (Å²) in [6.45, 7) is 1.08. The van der Waals surface area contributed by atoms with E-state index in [9.17, 15) is 16.8 Å². The fraction of sp³-hybridized carbons (Fsp3) is 0.500. The summed E-state index contributed by atoms with van der Waals surface area (Å²) in [5, 5.41) is 7.42. The van der Waals surface area contributed by atoms with E-state index in [4.69, 9.17) is 19.0 Å². The van der Waals surface area contributed by atoms with Crippen molar-refractivity contribution in [2.75, 3.05) is 0 Å². The Labute approximate surface area is 91.2 Å². The molecule has 0 saturated heterocycles. The predicted molar refractivity (Wildman–Crippen MR) is 48.6 cm³/mol. The van der Waals surface area contributed by atoms with Crippen LogP contribution < -0.4 is 12.3 Å². The molecule has 0 bridgehead atoms. The molecular formula is C2H12N2O10S2. The first kappa shape index (κ1) is 24.4. The molecule has 0 spiro atoms. The lowest BCUT2D eigenvalue weighted by atomic mass is 10.9. The van der Waals surface area contributed by atoms with Gasteiger partial charge in [-0.3, -0.25) is 13.9 Å². The van der Waals surface area contributed by atoms with Gasteiger partial charge in [0.05, 0.1) is 0 Å². The molecule has 0 aliphatic carbocycles. The fourth-order valence-corrected chi connectivity index (χ4v) is 0.632. The molecule has 0 aliphatic heterocycles. The smallest absolute Gasteiger partial charge is 0.425 e. The molecule has 0 rings (SSSR count). The molecule has 0 atom stereocenters. The van der Waals surface area contributed by atoms with E-state index in [0.717, 1.165) is 6.92 Å². The summed E-state index contributed by atoms with van der Waals surface area (Å²) in [7, 11) is -10.0. The van der Waals surface area contributed by atoms with E-state index in [-0.39, 0.29) is 12.3 Å². The van der Waals surface area contributed by atoms with Crippen molar-refractivity contribution < 1.29 is 44.5 Å². The summed E-state index contributed by atoms with van der Waals surface area (Å²) in [6, 6.07) is 0. The Morgan fingerprint density at radius 3 is 1.12 bits per heavy atom. The number of carbonyl (C=O) groups is 1. The van der Waals surface area contributed by atoms with Crippen LogP contribution in [-0.2, 0) is 34.3 Å². The summed E-state index contributed by atoms with van der Waals surface area (Å²) in [5.74, 6) is -0.833. The maximum atomic E-state index is 9.51. The maximum Gasteiger partial charge on any atom is 0.425 e. The standard InChI is InChI=1S/C2H4O2.2H3N.H2O8S2/c1-2(3)4;;;1-9(2,3)7-8-10(4,5)6/h1H3,(H,3,4);2*1H3;(H,1,2,3)(H,4,5,6). The fourth-order valence-electron chi connectivity index (χ4n) is 0.0702. The molecule has 16 heavy (non-hydrogen) atoms. The highest BCUT2D eigenvalue weighted by molar-refractivity contribution is 7.83. The maximum absolute atomic E-state index is 9.51. The Hall–Kier alpha value is -0.870. The predicted octanol–water partition coefficient (Wildman–Crippen LogP) is -1.04. The minimum atomic E-state index is -5.02. The zero-order chi connectivity index (χ0) is 12.0. The van der Waals surface area contributed by atoms with Crippen molar-refractivity contribution in [3.63, 3.8) is 0 Å². The Bertz CT molecular complexity index is 332. The van der Waals surface area contributed by atoms with Gasteiger partial charge in [0.15, 0.2) is 0 Å². The second kappa shape index (κ2) is 9.36. The van der Waals surface area contributed by atoms with Gasteiger partial charge in [0, 0.05) is 6.92 Å². The molecule has 12 nitrogen and oxygen atoms in total. The zero-order valence-electron chi connectivity index (χ0n) is 7.93. The van der Waals surface area contributed by atoms with Gasteiger partial charge in [0.1, 0.15) is 0 Å². The van der Waals surface area contributed by atoms with Gasteiger partial charge in [-0.25, -0.2) is 0 Å². The SMILES string of the molecule is CC(=O)O.N.N.O=S(=O)(O)OOS(=O)(=O)O. The third-order valence-corrected chi connectivity index (χ3v) is 0.766. The minimum Gasteiger partial charge on any atom is -0.481 e. The van der Waals surface area contributed by atoms with Gasteiger partial charge >= 0.3 is 20.8 Å². The average molecular weight is 288 g/mol. The van der Waals surface area contributed by atoms with Crippen molar-refractivity contribution in [2.24, 2.45) is 0 Å². The van der Waals surface area contributed by atoms with Gasteiger partial charge in [-0.2, -0.15) is 16.8 Å². The van der Waals surface area contributed by atoms with Crippen molar-refractivity contribution in [1.82, 2.24) is 12.3 Å². The second-order valence-electron chi connectivity index (χ2n) is 1.51. The van der Waals surface area contributed by atoms with Crippen LogP contribution in [0.5, 0.6) is 0 Å². The van der Waals surface area contributed by atoms with Crippen LogP contribution in [0.2, 0.25) is 0 Å². The van der Waals surface area contributed by atoms with Crippen LogP contribution >= 0.6 is 0 Å². The summed E-state index contributed by atoms with van der Waals surface area (Å²) in [5.41, 5.74) is 0. The van der Waals surface area contributed by atoms with Gasteiger partial charge in [-0.1, -0.05) is 8.67 Å². The van der Waals surface area contributed by atoms with Gasteiger partial charge in [0.25, 0.3) is 5.97 Å². The highest BCUT2D eigenvalue weighted by Crippen LogP contribution is 1.92. The lowest BCUT2D eigenvalue weighted by Gasteiger charge is -1.92. The normalized spacial score (nSPS) is 9.94. The summed E-state index contributed by atoms with van der Waals surface area (Å²) in [6.07, 6.45) is 0. The average Bonchev–Trinajstić information content (AvgIpc) is 1.79. The van der Waals surface area contributed by atoms with Crippen LogP contribution in [0.1, 0.15) is 6.92 Å². The van der Waals surface area contributed by atoms with Crippen molar-refractivity contribution >= 4 is 26.8 Å². The lowest BCUT2D eigenvalue weighted by molar-refractivity contribution is -0.134. The van der Waals surface area contributed by atoms with E-state index in [1.165, 1.54) is 0 Å². The van der Waals surface area contributed by atoms with Gasteiger partial charge < -0.3 is 17.4 Å².